The third-order valence-corrected chi connectivity index (χ3v) is 5.73. The number of nitrogens with one attached hydrogen (secondary N) is 1. The molecule has 1 aliphatic heterocycles. The van der Waals surface area contributed by atoms with Gasteiger partial charge in [-0.2, -0.15) is 0 Å². The molecule has 1 N–H and O–H groups in total. The van der Waals surface area contributed by atoms with Crippen molar-refractivity contribution < 1.29 is 14.3 Å². The van der Waals surface area contributed by atoms with Crippen LogP contribution < -0.4 is 0 Å². The molecule has 1 saturated heterocycles. The molecule has 0 radical (unpaired) electrons. The Hall–Kier alpha value is -1.92. The second-order valence-corrected chi connectivity index (χ2v) is 6.77. The van der Waals surface area contributed by atoms with Crippen molar-refractivity contribution in [1.82, 2.24) is 14.9 Å². The summed E-state index contributed by atoms with van der Waals surface area (Å²) in [7, 11) is 3.50. The fourth-order valence-electron chi connectivity index (χ4n) is 4.31. The minimum absolute atomic E-state index is 0.0434. The number of nitrogens with zero attached hydrogens (tertiary/aromatic N) is 2. The number of benzene rings is 1. The van der Waals surface area contributed by atoms with E-state index in [0.717, 1.165) is 36.7 Å². The van der Waals surface area contributed by atoms with Gasteiger partial charge in [-0.25, -0.2) is 4.98 Å². The van der Waals surface area contributed by atoms with Crippen LogP contribution in [0.25, 0.3) is 11.0 Å². The molecule has 2 aromatic rings. The molecule has 3 atom stereocenters. The number of carbonyl (C=O) groups is 1. The Labute approximate surface area is 141 Å². The van der Waals surface area contributed by atoms with Gasteiger partial charge in [0.2, 0.25) is 0 Å². The summed E-state index contributed by atoms with van der Waals surface area (Å²) in [5.41, 5.74) is 1.46. The standard InChI is InChI=1S/C18H23N3O3/c1-23-12-7-8-18(24-2)9-10-21(15(18)11-12)17(22)16-19-13-5-3-4-6-14(13)20-16/h3-6,12,15H,7-11H2,1-2H3,(H,19,20)/t12-,15-,18+/m0/s1. The van der Waals surface area contributed by atoms with Gasteiger partial charge in [0, 0.05) is 20.8 Å². The highest BCUT2D eigenvalue weighted by Gasteiger charge is 2.53. The molecule has 6 nitrogen and oxygen atoms in total. The Kier molecular flexibility index (Phi) is 3.81. The number of hydrogen-bond acceptors (Lipinski definition) is 4. The fourth-order valence-corrected chi connectivity index (χ4v) is 4.31. The van der Waals surface area contributed by atoms with E-state index >= 15 is 0 Å². The SMILES string of the molecule is CO[C@H]1CC[C@@]2(OC)CCN(C(=O)c3nc4ccccc4[nH]3)[C@H]2C1. The summed E-state index contributed by atoms with van der Waals surface area (Å²) < 4.78 is 11.4. The van der Waals surface area contributed by atoms with Gasteiger partial charge in [-0.05, 0) is 37.8 Å². The summed E-state index contributed by atoms with van der Waals surface area (Å²) in [5, 5.41) is 0. The molecule has 1 aliphatic carbocycles. The number of hydrogen-bond donors (Lipinski definition) is 1. The van der Waals surface area contributed by atoms with Crippen molar-refractivity contribution in [3.05, 3.63) is 30.1 Å². The van der Waals surface area contributed by atoms with Gasteiger partial charge >= 0.3 is 0 Å². The van der Waals surface area contributed by atoms with Gasteiger partial charge in [0.1, 0.15) is 0 Å². The van der Waals surface area contributed by atoms with E-state index in [2.05, 4.69) is 9.97 Å². The number of ether oxygens (including phenoxy) is 2. The van der Waals surface area contributed by atoms with Crippen LogP contribution in [0.5, 0.6) is 0 Å². The van der Waals surface area contributed by atoms with Crippen molar-refractivity contribution in [2.75, 3.05) is 20.8 Å². The highest BCUT2D eigenvalue weighted by Crippen LogP contribution is 2.43. The number of aromatic nitrogens is 2. The first-order chi connectivity index (χ1) is 11.7. The Balaban J connectivity index is 1.64. The third-order valence-electron chi connectivity index (χ3n) is 5.73. The molecule has 1 aromatic carbocycles. The molecule has 1 aromatic heterocycles. The van der Waals surface area contributed by atoms with E-state index < -0.39 is 0 Å². The lowest BCUT2D eigenvalue weighted by molar-refractivity contribution is -0.0894. The van der Waals surface area contributed by atoms with Crippen LogP contribution in [0.4, 0.5) is 0 Å². The van der Waals surface area contributed by atoms with E-state index in [0.29, 0.717) is 12.4 Å². The maximum absolute atomic E-state index is 13.1. The summed E-state index contributed by atoms with van der Waals surface area (Å²) in [6, 6.07) is 7.75. The number of para-hydroxylation sites is 2. The predicted molar refractivity (Wildman–Crippen MR) is 89.9 cm³/mol. The Morgan fingerprint density at radius 2 is 2.17 bits per heavy atom. The molecule has 2 aliphatic rings. The number of aromatic amines is 1. The Bertz CT molecular complexity index is 726. The lowest BCUT2D eigenvalue weighted by atomic mass is 9.79. The monoisotopic (exact) mass is 329 g/mol. The zero-order valence-corrected chi connectivity index (χ0v) is 14.1. The molecule has 128 valence electrons. The number of imidazole rings is 1. The first kappa shape index (κ1) is 15.6. The highest BCUT2D eigenvalue weighted by molar-refractivity contribution is 5.94. The van der Waals surface area contributed by atoms with E-state index in [9.17, 15) is 4.79 Å². The van der Waals surface area contributed by atoms with E-state index in [4.69, 9.17) is 9.47 Å². The van der Waals surface area contributed by atoms with Crippen LogP contribution in [-0.2, 0) is 9.47 Å². The number of H-pyrrole nitrogens is 1. The first-order valence-electron chi connectivity index (χ1n) is 8.50. The van der Waals surface area contributed by atoms with E-state index in [-0.39, 0.29) is 23.7 Å². The molecule has 24 heavy (non-hydrogen) atoms. The summed E-state index contributed by atoms with van der Waals surface area (Å²) in [4.78, 5) is 22.6. The zero-order valence-electron chi connectivity index (χ0n) is 14.1. The second-order valence-electron chi connectivity index (χ2n) is 6.77. The maximum atomic E-state index is 13.1. The maximum Gasteiger partial charge on any atom is 0.290 e. The van der Waals surface area contributed by atoms with Crippen LogP contribution in [0.2, 0.25) is 0 Å². The number of fused-ring (bicyclic) bond motifs is 2. The predicted octanol–water partition coefficient (Wildman–Crippen LogP) is 2.36. The number of carbonyl (C=O) groups excluding carboxylic acids is 1. The molecule has 4 rings (SSSR count). The molecule has 2 fully saturated rings. The molecule has 1 saturated carbocycles. The van der Waals surface area contributed by atoms with Gasteiger partial charge in [-0.15, -0.1) is 0 Å². The van der Waals surface area contributed by atoms with E-state index in [1.165, 1.54) is 0 Å². The summed E-state index contributed by atoms with van der Waals surface area (Å²) in [5.74, 6) is 0.356. The number of rotatable bonds is 3. The average molecular weight is 329 g/mol. The molecule has 0 spiro atoms. The van der Waals surface area contributed by atoms with Crippen LogP contribution in [0.3, 0.4) is 0 Å². The topological polar surface area (TPSA) is 67.5 Å². The van der Waals surface area contributed by atoms with Crippen LogP contribution in [0.15, 0.2) is 24.3 Å². The van der Waals surface area contributed by atoms with Crippen molar-refractivity contribution in [2.45, 2.75) is 43.4 Å². The minimum Gasteiger partial charge on any atom is -0.381 e. The summed E-state index contributed by atoms with van der Waals surface area (Å²) >= 11 is 0. The number of amides is 1. The fraction of sp³-hybridized carbons (Fsp3) is 0.556. The van der Waals surface area contributed by atoms with Crippen molar-refractivity contribution >= 4 is 16.9 Å². The molecule has 1 amide bonds. The summed E-state index contributed by atoms with van der Waals surface area (Å²) in [6.07, 6.45) is 3.78. The van der Waals surface area contributed by atoms with E-state index in [1.807, 2.05) is 29.2 Å². The quantitative estimate of drug-likeness (QED) is 0.939. The molecular weight excluding hydrogens is 306 g/mol. The molecule has 2 heterocycles. The summed E-state index contributed by atoms with van der Waals surface area (Å²) in [6.45, 7) is 0.699. The van der Waals surface area contributed by atoms with E-state index in [1.54, 1.807) is 14.2 Å². The van der Waals surface area contributed by atoms with Gasteiger partial charge in [-0.3, -0.25) is 4.79 Å². The average Bonchev–Trinajstić information content (AvgIpc) is 3.22. The van der Waals surface area contributed by atoms with Gasteiger partial charge in [0.15, 0.2) is 5.82 Å². The lowest BCUT2D eigenvalue weighted by Gasteiger charge is -2.43. The largest absolute Gasteiger partial charge is 0.381 e. The van der Waals surface area contributed by atoms with Crippen LogP contribution in [0.1, 0.15) is 36.3 Å². The molecule has 6 heteroatoms. The van der Waals surface area contributed by atoms with Crippen LogP contribution in [-0.4, -0.2) is 59.3 Å². The zero-order chi connectivity index (χ0) is 16.7. The number of methoxy groups -OCH3 is 2. The smallest absolute Gasteiger partial charge is 0.290 e. The molecular formula is C18H23N3O3. The minimum atomic E-state index is -0.239. The first-order valence-corrected chi connectivity index (χ1v) is 8.50. The Morgan fingerprint density at radius 3 is 2.92 bits per heavy atom. The van der Waals surface area contributed by atoms with Crippen molar-refractivity contribution in [2.24, 2.45) is 0 Å². The van der Waals surface area contributed by atoms with Gasteiger partial charge in [-0.1, -0.05) is 12.1 Å². The van der Waals surface area contributed by atoms with Crippen molar-refractivity contribution in [3.63, 3.8) is 0 Å². The lowest BCUT2D eigenvalue weighted by Crippen LogP contribution is -2.53. The third kappa shape index (κ3) is 2.32. The van der Waals surface area contributed by atoms with Gasteiger partial charge < -0.3 is 19.4 Å². The van der Waals surface area contributed by atoms with Crippen LogP contribution >= 0.6 is 0 Å². The molecule has 0 bridgehead atoms. The van der Waals surface area contributed by atoms with Crippen molar-refractivity contribution in [3.8, 4) is 0 Å². The molecule has 0 unspecified atom stereocenters. The second kappa shape index (κ2) is 5.86. The normalized spacial score (nSPS) is 29.8. The Morgan fingerprint density at radius 1 is 1.33 bits per heavy atom. The highest BCUT2D eigenvalue weighted by atomic mass is 16.5. The van der Waals surface area contributed by atoms with Gasteiger partial charge in [0.05, 0.1) is 28.8 Å². The number of likely N-dealkylation sites (tertiary alicyclic amines) is 1. The van der Waals surface area contributed by atoms with Gasteiger partial charge in [0.25, 0.3) is 5.91 Å². The van der Waals surface area contributed by atoms with Crippen molar-refractivity contribution in [1.29, 1.82) is 0 Å². The van der Waals surface area contributed by atoms with Crippen LogP contribution in [0, 0.1) is 0 Å².